The van der Waals surface area contributed by atoms with E-state index in [1.54, 1.807) is 0 Å². The van der Waals surface area contributed by atoms with Crippen LogP contribution in [-0.4, -0.2) is 18.1 Å². The van der Waals surface area contributed by atoms with Crippen molar-refractivity contribution < 1.29 is 0 Å². The standard InChI is InChI=1S/C13H18N2O/c1-9(2)11-3-4-12(15-13(11)16)10-5-7-14-8-6-10/h3-5,9,14H,6-8H2,1-2H3,(H,15,16). The Hall–Kier alpha value is -1.35. The maximum absolute atomic E-state index is 11.8. The quantitative estimate of drug-likeness (QED) is 0.796. The van der Waals surface area contributed by atoms with Crippen LogP contribution in [0.1, 0.15) is 37.4 Å². The van der Waals surface area contributed by atoms with Gasteiger partial charge in [-0.05, 0) is 30.5 Å². The number of rotatable bonds is 2. The summed E-state index contributed by atoms with van der Waals surface area (Å²) in [5.41, 5.74) is 3.12. The predicted molar refractivity (Wildman–Crippen MR) is 66.6 cm³/mol. The molecule has 0 unspecified atom stereocenters. The van der Waals surface area contributed by atoms with Crippen LogP contribution in [0.3, 0.4) is 0 Å². The van der Waals surface area contributed by atoms with E-state index in [1.807, 2.05) is 26.0 Å². The summed E-state index contributed by atoms with van der Waals surface area (Å²) in [7, 11) is 0. The van der Waals surface area contributed by atoms with E-state index in [-0.39, 0.29) is 11.5 Å². The molecule has 0 aliphatic carbocycles. The molecule has 0 bridgehead atoms. The van der Waals surface area contributed by atoms with Crippen molar-refractivity contribution in [1.82, 2.24) is 10.3 Å². The number of aromatic nitrogens is 1. The van der Waals surface area contributed by atoms with Crippen LogP contribution in [0.4, 0.5) is 0 Å². The maximum Gasteiger partial charge on any atom is 0.251 e. The fourth-order valence-electron chi connectivity index (χ4n) is 1.99. The molecule has 0 atom stereocenters. The van der Waals surface area contributed by atoms with Crippen molar-refractivity contribution in [2.75, 3.05) is 13.1 Å². The lowest BCUT2D eigenvalue weighted by molar-refractivity contribution is 0.736. The largest absolute Gasteiger partial charge is 0.322 e. The molecule has 1 aromatic rings. The summed E-state index contributed by atoms with van der Waals surface area (Å²) in [6.45, 7) is 5.95. The van der Waals surface area contributed by atoms with Crippen molar-refractivity contribution in [3.8, 4) is 0 Å². The lowest BCUT2D eigenvalue weighted by atomic mass is 10.0. The minimum Gasteiger partial charge on any atom is -0.322 e. The number of aromatic amines is 1. The van der Waals surface area contributed by atoms with E-state index in [4.69, 9.17) is 0 Å². The average Bonchev–Trinajstić information content (AvgIpc) is 2.29. The number of pyridine rings is 1. The van der Waals surface area contributed by atoms with Gasteiger partial charge < -0.3 is 10.3 Å². The molecule has 3 nitrogen and oxygen atoms in total. The van der Waals surface area contributed by atoms with E-state index in [9.17, 15) is 4.79 Å². The second-order valence-corrected chi connectivity index (χ2v) is 4.49. The lowest BCUT2D eigenvalue weighted by Crippen LogP contribution is -2.22. The molecule has 2 rings (SSSR count). The first-order chi connectivity index (χ1) is 7.68. The third-order valence-electron chi connectivity index (χ3n) is 2.97. The molecule has 16 heavy (non-hydrogen) atoms. The third-order valence-corrected chi connectivity index (χ3v) is 2.97. The Bertz CT molecular complexity index is 457. The van der Waals surface area contributed by atoms with Gasteiger partial charge in [-0.1, -0.05) is 26.0 Å². The van der Waals surface area contributed by atoms with Crippen LogP contribution < -0.4 is 10.9 Å². The van der Waals surface area contributed by atoms with Gasteiger partial charge in [-0.15, -0.1) is 0 Å². The summed E-state index contributed by atoms with van der Waals surface area (Å²) in [5.74, 6) is 0.278. The lowest BCUT2D eigenvalue weighted by Gasteiger charge is -2.14. The van der Waals surface area contributed by atoms with Gasteiger partial charge in [-0.25, -0.2) is 0 Å². The fraction of sp³-hybridized carbons (Fsp3) is 0.462. The molecule has 86 valence electrons. The van der Waals surface area contributed by atoms with Crippen molar-refractivity contribution >= 4 is 5.57 Å². The van der Waals surface area contributed by atoms with E-state index in [0.29, 0.717) is 0 Å². The smallest absolute Gasteiger partial charge is 0.251 e. The van der Waals surface area contributed by atoms with Crippen LogP contribution in [0.15, 0.2) is 23.0 Å². The Balaban J connectivity index is 2.34. The van der Waals surface area contributed by atoms with Crippen LogP contribution in [0, 0.1) is 0 Å². The highest BCUT2D eigenvalue weighted by molar-refractivity contribution is 5.63. The van der Waals surface area contributed by atoms with Gasteiger partial charge >= 0.3 is 0 Å². The van der Waals surface area contributed by atoms with Gasteiger partial charge in [0.1, 0.15) is 0 Å². The Morgan fingerprint density at radius 3 is 2.69 bits per heavy atom. The molecule has 0 aromatic carbocycles. The molecule has 1 aliphatic rings. The molecule has 0 amide bonds. The van der Waals surface area contributed by atoms with Gasteiger partial charge in [0.2, 0.25) is 0 Å². The number of nitrogens with one attached hydrogen (secondary N) is 2. The van der Waals surface area contributed by atoms with Crippen LogP contribution in [0.25, 0.3) is 5.57 Å². The molecule has 1 aromatic heterocycles. The van der Waals surface area contributed by atoms with Crippen LogP contribution >= 0.6 is 0 Å². The second kappa shape index (κ2) is 4.66. The molecular weight excluding hydrogens is 200 g/mol. The first-order valence-corrected chi connectivity index (χ1v) is 5.82. The van der Waals surface area contributed by atoms with Crippen molar-refractivity contribution in [2.24, 2.45) is 0 Å². The Morgan fingerprint density at radius 2 is 2.12 bits per heavy atom. The third kappa shape index (κ3) is 2.25. The Kier molecular flexibility index (Phi) is 3.25. The van der Waals surface area contributed by atoms with E-state index in [2.05, 4.69) is 16.4 Å². The van der Waals surface area contributed by atoms with Gasteiger partial charge in [-0.3, -0.25) is 4.79 Å². The average molecular weight is 218 g/mol. The van der Waals surface area contributed by atoms with Gasteiger partial charge in [0.05, 0.1) is 0 Å². The fourth-order valence-corrected chi connectivity index (χ4v) is 1.99. The molecule has 2 N–H and O–H groups in total. The topological polar surface area (TPSA) is 44.9 Å². The van der Waals surface area contributed by atoms with Crippen molar-refractivity contribution in [2.45, 2.75) is 26.2 Å². The van der Waals surface area contributed by atoms with E-state index in [1.165, 1.54) is 5.57 Å². The van der Waals surface area contributed by atoms with Gasteiger partial charge in [0.15, 0.2) is 0 Å². The molecule has 0 saturated heterocycles. The van der Waals surface area contributed by atoms with E-state index < -0.39 is 0 Å². The highest BCUT2D eigenvalue weighted by Gasteiger charge is 2.09. The van der Waals surface area contributed by atoms with Gasteiger partial charge in [-0.2, -0.15) is 0 Å². The highest BCUT2D eigenvalue weighted by Crippen LogP contribution is 2.17. The minimum atomic E-state index is 0.0481. The molecule has 2 heterocycles. The Morgan fingerprint density at radius 1 is 1.31 bits per heavy atom. The number of hydrogen-bond acceptors (Lipinski definition) is 2. The summed E-state index contributed by atoms with van der Waals surface area (Å²) in [5, 5.41) is 3.26. The monoisotopic (exact) mass is 218 g/mol. The summed E-state index contributed by atoms with van der Waals surface area (Å²) in [6, 6.07) is 3.97. The molecule has 0 radical (unpaired) electrons. The van der Waals surface area contributed by atoms with Crippen molar-refractivity contribution in [3.05, 3.63) is 39.8 Å². The summed E-state index contributed by atoms with van der Waals surface area (Å²) in [4.78, 5) is 14.8. The number of hydrogen-bond donors (Lipinski definition) is 2. The zero-order valence-electron chi connectivity index (χ0n) is 9.84. The molecule has 0 saturated carbocycles. The van der Waals surface area contributed by atoms with Crippen molar-refractivity contribution in [3.63, 3.8) is 0 Å². The first-order valence-electron chi connectivity index (χ1n) is 5.82. The summed E-state index contributed by atoms with van der Waals surface area (Å²) >= 11 is 0. The van der Waals surface area contributed by atoms with E-state index in [0.717, 1.165) is 30.8 Å². The Labute approximate surface area is 95.6 Å². The summed E-state index contributed by atoms with van der Waals surface area (Å²) in [6.07, 6.45) is 3.13. The van der Waals surface area contributed by atoms with Crippen molar-refractivity contribution in [1.29, 1.82) is 0 Å². The van der Waals surface area contributed by atoms with Gasteiger partial charge in [0.25, 0.3) is 5.56 Å². The summed E-state index contributed by atoms with van der Waals surface area (Å²) < 4.78 is 0. The highest BCUT2D eigenvalue weighted by atomic mass is 16.1. The molecule has 0 spiro atoms. The molecule has 0 fully saturated rings. The zero-order chi connectivity index (χ0) is 11.5. The van der Waals surface area contributed by atoms with Crippen LogP contribution in [0.2, 0.25) is 0 Å². The van der Waals surface area contributed by atoms with E-state index >= 15 is 0 Å². The maximum atomic E-state index is 11.8. The first kappa shape index (κ1) is 11.1. The molecular formula is C13H18N2O. The molecule has 1 aliphatic heterocycles. The normalized spacial score (nSPS) is 16.3. The van der Waals surface area contributed by atoms with Crippen LogP contribution in [0.5, 0.6) is 0 Å². The minimum absolute atomic E-state index is 0.0481. The van der Waals surface area contributed by atoms with Gasteiger partial charge in [0, 0.05) is 17.8 Å². The zero-order valence-corrected chi connectivity index (χ0v) is 9.84. The SMILES string of the molecule is CC(C)c1ccc(C2=CCNCC2)[nH]c1=O. The number of H-pyrrole nitrogens is 1. The predicted octanol–water partition coefficient (Wildman–Crippen LogP) is 1.88. The molecule has 3 heteroatoms. The van der Waals surface area contributed by atoms with Crippen LogP contribution in [-0.2, 0) is 0 Å². The second-order valence-electron chi connectivity index (χ2n) is 4.49.